The molecule has 0 aliphatic rings. The van der Waals surface area contributed by atoms with Crippen molar-refractivity contribution < 1.29 is 9.53 Å². The number of rotatable bonds is 5. The number of para-hydroxylation sites is 1. The average Bonchev–Trinajstić information content (AvgIpc) is 2.95. The van der Waals surface area contributed by atoms with Crippen molar-refractivity contribution in [2.45, 2.75) is 13.5 Å². The molecule has 3 rings (SSSR count). The van der Waals surface area contributed by atoms with Gasteiger partial charge >= 0.3 is 0 Å². The second kappa shape index (κ2) is 7.76. The van der Waals surface area contributed by atoms with E-state index >= 15 is 0 Å². The van der Waals surface area contributed by atoms with Crippen LogP contribution in [0.2, 0.25) is 10.0 Å². The lowest BCUT2D eigenvalue weighted by Crippen LogP contribution is -2.32. The number of nitrogens with zero attached hydrogens (tertiary/aromatic N) is 3. The predicted molar refractivity (Wildman–Crippen MR) is 109 cm³/mol. The molecule has 1 amide bonds. The maximum Gasteiger partial charge on any atom is 0.240 e. The van der Waals surface area contributed by atoms with E-state index in [2.05, 4.69) is 4.98 Å². The molecular weight excluding hydrogens is 387 g/mol. The van der Waals surface area contributed by atoms with Gasteiger partial charge in [0.1, 0.15) is 23.7 Å². The minimum Gasteiger partial charge on any atom is -0.486 e. The third kappa shape index (κ3) is 3.60. The molecule has 0 aliphatic carbocycles. The molecule has 1 aromatic heterocycles. The number of benzene rings is 2. The number of carbonyl (C=O) groups is 1. The van der Waals surface area contributed by atoms with Gasteiger partial charge in [0, 0.05) is 24.7 Å². The van der Waals surface area contributed by atoms with Gasteiger partial charge in [-0.1, -0.05) is 29.3 Å². The highest BCUT2D eigenvalue weighted by atomic mass is 35.5. The van der Waals surface area contributed by atoms with E-state index in [4.69, 9.17) is 33.7 Å². The van der Waals surface area contributed by atoms with Crippen LogP contribution in [0.5, 0.6) is 5.75 Å². The number of carbonyl (C=O) groups excluding carboxylic acids is 1. The lowest BCUT2D eigenvalue weighted by atomic mass is 10.2. The molecule has 3 aromatic rings. The van der Waals surface area contributed by atoms with Crippen LogP contribution in [0.4, 0.5) is 5.69 Å². The van der Waals surface area contributed by atoms with Gasteiger partial charge < -0.3 is 19.9 Å². The Morgan fingerprint density at radius 2 is 2.04 bits per heavy atom. The van der Waals surface area contributed by atoms with Crippen molar-refractivity contribution in [2.75, 3.05) is 18.5 Å². The Labute approximate surface area is 167 Å². The van der Waals surface area contributed by atoms with Crippen LogP contribution in [0.25, 0.3) is 11.0 Å². The molecule has 0 unspecified atom stereocenters. The monoisotopic (exact) mass is 406 g/mol. The quantitative estimate of drug-likeness (QED) is 0.700. The largest absolute Gasteiger partial charge is 0.486 e. The summed E-state index contributed by atoms with van der Waals surface area (Å²) in [5.41, 5.74) is 8.31. The molecule has 0 aliphatic heterocycles. The second-order valence-corrected chi connectivity index (χ2v) is 6.93. The van der Waals surface area contributed by atoms with Gasteiger partial charge in [-0.3, -0.25) is 4.79 Å². The summed E-state index contributed by atoms with van der Waals surface area (Å²) in [5, 5.41) is 0.818. The first-order chi connectivity index (χ1) is 12.8. The molecule has 0 fully saturated rings. The van der Waals surface area contributed by atoms with Crippen LogP contribution in [0.1, 0.15) is 11.4 Å². The first-order valence-electron chi connectivity index (χ1n) is 8.33. The maximum atomic E-state index is 11.9. The Morgan fingerprint density at radius 3 is 2.74 bits per heavy atom. The lowest BCUT2D eigenvalue weighted by Gasteiger charge is -2.20. The van der Waals surface area contributed by atoms with Gasteiger partial charge in [0.15, 0.2) is 0 Å². The number of imidazole rings is 1. The predicted octanol–water partition coefficient (Wildman–Crippen LogP) is 3.69. The van der Waals surface area contributed by atoms with Crippen molar-refractivity contribution >= 4 is 45.8 Å². The van der Waals surface area contributed by atoms with Gasteiger partial charge in [-0.15, -0.1) is 0 Å². The zero-order valence-corrected chi connectivity index (χ0v) is 16.8. The fourth-order valence-electron chi connectivity index (χ4n) is 2.82. The van der Waals surface area contributed by atoms with Crippen LogP contribution in [-0.2, 0) is 18.4 Å². The van der Waals surface area contributed by atoms with Gasteiger partial charge in [0.2, 0.25) is 5.91 Å². The molecular formula is C19H20Cl2N4O2. The van der Waals surface area contributed by atoms with Crippen LogP contribution in [0.3, 0.4) is 0 Å². The van der Waals surface area contributed by atoms with Crippen molar-refractivity contribution in [3.05, 3.63) is 51.8 Å². The van der Waals surface area contributed by atoms with Crippen LogP contribution in [-0.4, -0.2) is 29.1 Å². The highest BCUT2D eigenvalue weighted by Crippen LogP contribution is 2.35. The van der Waals surface area contributed by atoms with E-state index in [1.165, 1.54) is 4.90 Å². The summed E-state index contributed by atoms with van der Waals surface area (Å²) in [7, 11) is 3.57. The summed E-state index contributed by atoms with van der Waals surface area (Å²) in [5.74, 6) is 1.28. The molecule has 0 spiro atoms. The van der Waals surface area contributed by atoms with E-state index in [0.29, 0.717) is 27.0 Å². The Kier molecular flexibility index (Phi) is 5.60. The Morgan fingerprint density at radius 1 is 1.30 bits per heavy atom. The van der Waals surface area contributed by atoms with Crippen LogP contribution in [0.15, 0.2) is 30.3 Å². The van der Waals surface area contributed by atoms with E-state index in [-0.39, 0.29) is 19.1 Å². The third-order valence-electron chi connectivity index (χ3n) is 4.55. The Hall–Kier alpha value is -2.28. The van der Waals surface area contributed by atoms with Gasteiger partial charge in [0.25, 0.3) is 0 Å². The molecule has 0 atom stereocenters. The van der Waals surface area contributed by atoms with Crippen molar-refractivity contribution in [2.24, 2.45) is 12.8 Å². The number of halogens is 2. The van der Waals surface area contributed by atoms with Crippen molar-refractivity contribution in [3.63, 3.8) is 0 Å². The number of anilines is 1. The summed E-state index contributed by atoms with van der Waals surface area (Å²) in [6, 6.07) is 9.12. The molecule has 8 heteroatoms. The van der Waals surface area contributed by atoms with E-state index in [0.717, 1.165) is 16.9 Å². The molecule has 0 bridgehead atoms. The fourth-order valence-corrected chi connectivity index (χ4v) is 3.43. The number of ether oxygens (including phenoxy) is 1. The zero-order chi connectivity index (χ0) is 19.7. The number of nitrogens with two attached hydrogens (primary N) is 1. The number of aromatic nitrogens is 2. The summed E-state index contributed by atoms with van der Waals surface area (Å²) >= 11 is 12.8. The SMILES string of the molecule is Cc1nc2c(OCc3c(Cl)ccc(N(C)C(=O)CN)c3Cl)cccc2n1C. The summed E-state index contributed by atoms with van der Waals surface area (Å²) in [6.07, 6.45) is 0. The number of likely N-dealkylation sites (N-methyl/N-ethyl adjacent to an activating group) is 1. The number of fused-ring (bicyclic) bond motifs is 1. The number of hydrogen-bond donors (Lipinski definition) is 1. The van der Waals surface area contributed by atoms with Crippen molar-refractivity contribution in [1.29, 1.82) is 0 Å². The standard InChI is InChI=1S/C19H20Cl2N4O2/c1-11-23-19-15(24(11)2)5-4-6-16(19)27-10-12-13(20)7-8-14(18(12)21)25(3)17(26)9-22/h4-8H,9-10,22H2,1-3H3. The number of hydrogen-bond acceptors (Lipinski definition) is 4. The van der Waals surface area contributed by atoms with Crippen LogP contribution >= 0.6 is 23.2 Å². The molecule has 0 saturated heterocycles. The van der Waals surface area contributed by atoms with E-state index in [1.807, 2.05) is 36.7 Å². The van der Waals surface area contributed by atoms with Gasteiger partial charge in [-0.05, 0) is 31.2 Å². The minimum atomic E-state index is -0.250. The average molecular weight is 407 g/mol. The summed E-state index contributed by atoms with van der Waals surface area (Å²) in [4.78, 5) is 17.9. The summed E-state index contributed by atoms with van der Waals surface area (Å²) < 4.78 is 7.98. The fraction of sp³-hybridized carbons (Fsp3) is 0.263. The first-order valence-corrected chi connectivity index (χ1v) is 9.09. The topological polar surface area (TPSA) is 73.4 Å². The Balaban J connectivity index is 1.93. The van der Waals surface area contributed by atoms with E-state index in [9.17, 15) is 4.79 Å². The summed E-state index contributed by atoms with van der Waals surface area (Å²) in [6.45, 7) is 1.97. The number of amides is 1. The Bertz CT molecular complexity index is 1020. The van der Waals surface area contributed by atoms with E-state index in [1.54, 1.807) is 19.2 Å². The highest BCUT2D eigenvalue weighted by molar-refractivity contribution is 6.38. The first kappa shape index (κ1) is 19.5. The zero-order valence-electron chi connectivity index (χ0n) is 15.3. The van der Waals surface area contributed by atoms with Crippen molar-refractivity contribution in [1.82, 2.24) is 9.55 Å². The molecule has 1 heterocycles. The second-order valence-electron chi connectivity index (χ2n) is 6.15. The van der Waals surface area contributed by atoms with E-state index < -0.39 is 0 Å². The lowest BCUT2D eigenvalue weighted by molar-refractivity contribution is -0.117. The number of aryl methyl sites for hydroxylation is 2. The normalized spacial score (nSPS) is 11.0. The highest BCUT2D eigenvalue weighted by Gasteiger charge is 2.18. The third-order valence-corrected chi connectivity index (χ3v) is 5.32. The van der Waals surface area contributed by atoms with Gasteiger partial charge in [-0.25, -0.2) is 4.98 Å². The van der Waals surface area contributed by atoms with Crippen LogP contribution < -0.4 is 15.4 Å². The maximum absolute atomic E-state index is 11.9. The van der Waals surface area contributed by atoms with Gasteiger partial charge in [0.05, 0.1) is 22.8 Å². The van der Waals surface area contributed by atoms with Crippen LogP contribution in [0, 0.1) is 6.92 Å². The minimum absolute atomic E-state index is 0.109. The van der Waals surface area contributed by atoms with Gasteiger partial charge in [-0.2, -0.15) is 0 Å². The molecule has 6 nitrogen and oxygen atoms in total. The molecule has 0 saturated carbocycles. The molecule has 0 radical (unpaired) electrons. The smallest absolute Gasteiger partial charge is 0.240 e. The van der Waals surface area contributed by atoms with Crippen molar-refractivity contribution in [3.8, 4) is 5.75 Å². The molecule has 2 N–H and O–H groups in total. The molecule has 142 valence electrons. The molecule has 27 heavy (non-hydrogen) atoms. The molecule has 2 aromatic carbocycles.